The molecule has 1 spiro atoms. The summed E-state index contributed by atoms with van der Waals surface area (Å²) in [5.74, 6) is -0.244. The largest absolute Gasteiger partial charge is 0.392 e. The zero-order chi connectivity index (χ0) is 16.4. The quantitative estimate of drug-likeness (QED) is 0.654. The summed E-state index contributed by atoms with van der Waals surface area (Å²) < 4.78 is 28.0. The zero-order valence-electron chi connectivity index (χ0n) is 13.0. The minimum atomic E-state index is -3.12. The van der Waals surface area contributed by atoms with Gasteiger partial charge in [0.2, 0.25) is 5.91 Å². The van der Waals surface area contributed by atoms with Crippen LogP contribution in [0.5, 0.6) is 0 Å². The highest BCUT2D eigenvalue weighted by Crippen LogP contribution is 2.50. The third kappa shape index (κ3) is 3.79. The average molecular weight is 334 g/mol. The lowest BCUT2D eigenvalue weighted by Gasteiger charge is -2.56. The molecule has 0 aromatic heterocycles. The number of likely N-dealkylation sites (tertiary alicyclic amines) is 1. The molecule has 1 heterocycles. The number of carbonyl (C=O) groups excluding carboxylic acids is 1. The van der Waals surface area contributed by atoms with Crippen LogP contribution >= 0.6 is 0 Å². The number of aliphatic hydroxyl groups is 1. The van der Waals surface area contributed by atoms with Crippen molar-refractivity contribution in [1.29, 1.82) is 0 Å². The van der Waals surface area contributed by atoms with Gasteiger partial charge in [-0.1, -0.05) is 0 Å². The van der Waals surface area contributed by atoms with E-state index in [9.17, 15) is 18.3 Å². The smallest absolute Gasteiger partial charge is 0.223 e. The second-order valence-corrected chi connectivity index (χ2v) is 8.65. The van der Waals surface area contributed by atoms with Crippen molar-refractivity contribution in [2.24, 2.45) is 11.1 Å². The predicted octanol–water partition coefficient (Wildman–Crippen LogP) is -0.862. The van der Waals surface area contributed by atoms with E-state index in [4.69, 9.17) is 10.5 Å². The minimum absolute atomic E-state index is 0.0133. The molecule has 1 amide bonds. The standard InChI is InChI=1S/C14H26N2O5S/c1-22(19,20)9-2-13(18)16-6-3-14(4-7-16)11(17)10-12(14)21-8-5-15/h11-12,17H,2-10,15H2,1H3/t11-,12+/m1/s1. The number of nitrogens with zero attached hydrogens (tertiary/aromatic N) is 1. The molecule has 3 N–H and O–H groups in total. The number of ether oxygens (including phenoxy) is 1. The maximum Gasteiger partial charge on any atom is 0.223 e. The molecule has 1 aliphatic heterocycles. The van der Waals surface area contributed by atoms with Crippen LogP contribution in [0.4, 0.5) is 0 Å². The van der Waals surface area contributed by atoms with Gasteiger partial charge in [0, 0.05) is 44.1 Å². The molecule has 1 saturated heterocycles. The van der Waals surface area contributed by atoms with Crippen molar-refractivity contribution in [2.75, 3.05) is 38.2 Å². The van der Waals surface area contributed by atoms with Gasteiger partial charge in [-0.2, -0.15) is 0 Å². The molecule has 1 saturated carbocycles. The minimum Gasteiger partial charge on any atom is -0.392 e. The van der Waals surface area contributed by atoms with Gasteiger partial charge in [0.25, 0.3) is 0 Å². The number of piperidine rings is 1. The van der Waals surface area contributed by atoms with Crippen LogP contribution in [0, 0.1) is 5.41 Å². The van der Waals surface area contributed by atoms with Gasteiger partial charge in [0.15, 0.2) is 0 Å². The Morgan fingerprint density at radius 3 is 2.55 bits per heavy atom. The fourth-order valence-electron chi connectivity index (χ4n) is 3.43. The van der Waals surface area contributed by atoms with Crippen molar-refractivity contribution in [3.05, 3.63) is 0 Å². The van der Waals surface area contributed by atoms with E-state index in [0.717, 1.165) is 6.26 Å². The first-order valence-electron chi connectivity index (χ1n) is 7.74. The molecule has 2 rings (SSSR count). The van der Waals surface area contributed by atoms with E-state index in [1.807, 2.05) is 0 Å². The molecule has 0 radical (unpaired) electrons. The summed E-state index contributed by atoms with van der Waals surface area (Å²) >= 11 is 0. The maximum atomic E-state index is 12.0. The van der Waals surface area contributed by atoms with Crippen LogP contribution in [0.1, 0.15) is 25.7 Å². The Morgan fingerprint density at radius 1 is 1.41 bits per heavy atom. The second-order valence-electron chi connectivity index (χ2n) is 6.39. The highest BCUT2D eigenvalue weighted by atomic mass is 32.2. The molecule has 0 aromatic rings. The number of hydrogen-bond donors (Lipinski definition) is 2. The maximum absolute atomic E-state index is 12.0. The lowest BCUT2D eigenvalue weighted by Crippen LogP contribution is -2.63. The third-order valence-corrected chi connectivity index (χ3v) is 5.86. The fourth-order valence-corrected chi connectivity index (χ4v) is 3.97. The van der Waals surface area contributed by atoms with Crippen LogP contribution < -0.4 is 5.73 Å². The molecular formula is C14H26N2O5S. The van der Waals surface area contributed by atoms with E-state index in [-0.39, 0.29) is 35.7 Å². The van der Waals surface area contributed by atoms with Gasteiger partial charge >= 0.3 is 0 Å². The summed E-state index contributed by atoms with van der Waals surface area (Å²) in [5.41, 5.74) is 5.19. The van der Waals surface area contributed by atoms with Crippen molar-refractivity contribution in [3.8, 4) is 0 Å². The number of rotatable bonds is 6. The van der Waals surface area contributed by atoms with E-state index in [0.29, 0.717) is 45.5 Å². The predicted molar refractivity (Wildman–Crippen MR) is 82.0 cm³/mol. The Bertz CT molecular complexity index is 499. The van der Waals surface area contributed by atoms with Crippen LogP contribution in [0.25, 0.3) is 0 Å². The summed E-state index contributed by atoms with van der Waals surface area (Å²) in [7, 11) is -3.12. The summed E-state index contributed by atoms with van der Waals surface area (Å²) in [6.07, 6.45) is 2.80. The molecule has 2 atom stereocenters. The molecule has 22 heavy (non-hydrogen) atoms. The van der Waals surface area contributed by atoms with Gasteiger partial charge in [-0.15, -0.1) is 0 Å². The van der Waals surface area contributed by atoms with Crippen molar-refractivity contribution in [3.63, 3.8) is 0 Å². The molecule has 7 nitrogen and oxygen atoms in total. The first kappa shape index (κ1) is 17.7. The average Bonchev–Trinajstić information content (AvgIpc) is 2.48. The van der Waals surface area contributed by atoms with Gasteiger partial charge in [-0.25, -0.2) is 8.42 Å². The number of aliphatic hydroxyl groups excluding tert-OH is 1. The Kier molecular flexibility index (Phi) is 5.47. The first-order valence-corrected chi connectivity index (χ1v) is 9.80. The van der Waals surface area contributed by atoms with Crippen molar-refractivity contribution in [2.45, 2.75) is 37.9 Å². The van der Waals surface area contributed by atoms with Crippen LogP contribution in [0.3, 0.4) is 0 Å². The Hall–Kier alpha value is -0.700. The Morgan fingerprint density at radius 2 is 2.05 bits per heavy atom. The molecule has 0 aromatic carbocycles. The zero-order valence-corrected chi connectivity index (χ0v) is 13.8. The number of carbonyl (C=O) groups is 1. The van der Waals surface area contributed by atoms with Crippen LogP contribution in [-0.2, 0) is 19.4 Å². The van der Waals surface area contributed by atoms with Crippen molar-refractivity contribution < 1.29 is 23.1 Å². The molecule has 8 heteroatoms. The van der Waals surface area contributed by atoms with E-state index in [1.165, 1.54) is 0 Å². The third-order valence-electron chi connectivity index (χ3n) is 4.91. The number of sulfone groups is 1. The van der Waals surface area contributed by atoms with E-state index >= 15 is 0 Å². The van der Waals surface area contributed by atoms with Crippen LogP contribution in [0.15, 0.2) is 0 Å². The summed E-state index contributed by atoms with van der Waals surface area (Å²) in [6, 6.07) is 0. The van der Waals surface area contributed by atoms with Gasteiger partial charge in [0.05, 0.1) is 24.6 Å². The highest BCUT2D eigenvalue weighted by Gasteiger charge is 2.56. The molecule has 0 bridgehead atoms. The Balaban J connectivity index is 1.85. The lowest BCUT2D eigenvalue weighted by atomic mass is 9.58. The van der Waals surface area contributed by atoms with Crippen molar-refractivity contribution >= 4 is 15.7 Å². The normalized spacial score (nSPS) is 27.7. The van der Waals surface area contributed by atoms with Crippen LogP contribution in [0.2, 0.25) is 0 Å². The SMILES string of the molecule is CS(=O)(=O)CCC(=O)N1CCC2(CC1)[C@H](O)C[C@@H]2OCCN. The molecule has 128 valence electrons. The van der Waals surface area contributed by atoms with E-state index < -0.39 is 9.84 Å². The van der Waals surface area contributed by atoms with Gasteiger partial charge < -0.3 is 20.5 Å². The summed E-state index contributed by atoms with van der Waals surface area (Å²) in [4.78, 5) is 13.7. The number of nitrogens with two attached hydrogens (primary N) is 1. The van der Waals surface area contributed by atoms with Gasteiger partial charge in [-0.3, -0.25) is 4.79 Å². The monoisotopic (exact) mass is 334 g/mol. The number of amides is 1. The van der Waals surface area contributed by atoms with Crippen LogP contribution in [-0.4, -0.2) is 74.8 Å². The van der Waals surface area contributed by atoms with E-state index in [2.05, 4.69) is 0 Å². The topological polar surface area (TPSA) is 110 Å². The second kappa shape index (κ2) is 6.82. The molecular weight excluding hydrogens is 308 g/mol. The van der Waals surface area contributed by atoms with Gasteiger partial charge in [0.1, 0.15) is 9.84 Å². The Labute approximate surface area is 131 Å². The highest BCUT2D eigenvalue weighted by molar-refractivity contribution is 7.90. The summed E-state index contributed by atoms with van der Waals surface area (Å²) in [6.45, 7) is 2.03. The lowest BCUT2D eigenvalue weighted by molar-refractivity contribution is -0.210. The summed E-state index contributed by atoms with van der Waals surface area (Å²) in [5, 5.41) is 10.1. The molecule has 1 aliphatic carbocycles. The van der Waals surface area contributed by atoms with Gasteiger partial charge in [-0.05, 0) is 12.8 Å². The first-order chi connectivity index (χ1) is 10.3. The van der Waals surface area contributed by atoms with Crippen molar-refractivity contribution in [1.82, 2.24) is 4.90 Å². The molecule has 2 fully saturated rings. The molecule has 0 unspecified atom stereocenters. The molecule has 2 aliphatic rings. The number of hydrogen-bond acceptors (Lipinski definition) is 6. The van der Waals surface area contributed by atoms with E-state index in [1.54, 1.807) is 4.90 Å². The fraction of sp³-hybridized carbons (Fsp3) is 0.929.